The second-order valence-corrected chi connectivity index (χ2v) is 7.91. The summed E-state index contributed by atoms with van der Waals surface area (Å²) in [5.41, 5.74) is 1.36. The van der Waals surface area contributed by atoms with Crippen molar-refractivity contribution in [2.24, 2.45) is 0 Å². The standard InChI is InChI=1S/C25H19FN2O2S/c26-22-10-3-4-11-23(22)28-24(29)16-31-21-9-5-8-20(15-21)27-25(30)19-13-12-17-6-1-2-7-18(17)14-19/h1-15H,16H2,(H,27,30)(H,28,29). The normalized spacial score (nSPS) is 10.6. The van der Waals surface area contributed by atoms with Crippen molar-refractivity contribution >= 4 is 45.7 Å². The van der Waals surface area contributed by atoms with E-state index in [1.54, 1.807) is 30.3 Å². The van der Waals surface area contributed by atoms with E-state index in [1.807, 2.05) is 48.5 Å². The number of halogens is 1. The van der Waals surface area contributed by atoms with Crippen molar-refractivity contribution in [3.8, 4) is 0 Å². The van der Waals surface area contributed by atoms with Crippen LogP contribution in [0.3, 0.4) is 0 Å². The van der Waals surface area contributed by atoms with Gasteiger partial charge in [0.2, 0.25) is 5.91 Å². The number of nitrogens with one attached hydrogen (secondary N) is 2. The van der Waals surface area contributed by atoms with Gasteiger partial charge >= 0.3 is 0 Å². The van der Waals surface area contributed by atoms with Gasteiger partial charge in [-0.3, -0.25) is 9.59 Å². The molecular weight excluding hydrogens is 411 g/mol. The van der Waals surface area contributed by atoms with Gasteiger partial charge in [-0.05, 0) is 53.2 Å². The number of thioether (sulfide) groups is 1. The quantitative estimate of drug-likeness (QED) is 0.371. The maximum absolute atomic E-state index is 13.7. The van der Waals surface area contributed by atoms with Crippen molar-refractivity contribution in [2.75, 3.05) is 16.4 Å². The highest BCUT2D eigenvalue weighted by Gasteiger charge is 2.10. The van der Waals surface area contributed by atoms with E-state index in [2.05, 4.69) is 10.6 Å². The summed E-state index contributed by atoms with van der Waals surface area (Å²) in [5.74, 6) is -0.860. The fourth-order valence-corrected chi connectivity index (χ4v) is 3.85. The van der Waals surface area contributed by atoms with Gasteiger partial charge in [-0.25, -0.2) is 4.39 Å². The van der Waals surface area contributed by atoms with E-state index in [9.17, 15) is 14.0 Å². The monoisotopic (exact) mass is 430 g/mol. The molecule has 0 atom stereocenters. The van der Waals surface area contributed by atoms with E-state index in [-0.39, 0.29) is 23.3 Å². The predicted molar refractivity (Wildman–Crippen MR) is 124 cm³/mol. The lowest BCUT2D eigenvalue weighted by Gasteiger charge is -2.09. The van der Waals surface area contributed by atoms with Crippen LogP contribution in [0, 0.1) is 5.82 Å². The molecule has 154 valence electrons. The van der Waals surface area contributed by atoms with Gasteiger partial charge in [-0.1, -0.05) is 48.5 Å². The zero-order chi connectivity index (χ0) is 21.6. The van der Waals surface area contributed by atoms with Crippen molar-refractivity contribution in [2.45, 2.75) is 4.90 Å². The lowest BCUT2D eigenvalue weighted by atomic mass is 10.1. The summed E-state index contributed by atoms with van der Waals surface area (Å²) >= 11 is 1.31. The van der Waals surface area contributed by atoms with Crippen LogP contribution in [-0.2, 0) is 4.79 Å². The van der Waals surface area contributed by atoms with E-state index < -0.39 is 5.82 Å². The number of carbonyl (C=O) groups is 2. The second-order valence-electron chi connectivity index (χ2n) is 6.86. The van der Waals surface area contributed by atoms with Gasteiger partial charge in [-0.2, -0.15) is 0 Å². The molecule has 4 aromatic carbocycles. The molecule has 4 aromatic rings. The number of hydrogen-bond acceptors (Lipinski definition) is 3. The van der Waals surface area contributed by atoms with Gasteiger partial charge < -0.3 is 10.6 Å². The Morgan fingerprint density at radius 3 is 2.39 bits per heavy atom. The largest absolute Gasteiger partial charge is 0.323 e. The first-order valence-corrected chi connectivity index (χ1v) is 10.6. The highest BCUT2D eigenvalue weighted by atomic mass is 32.2. The molecule has 0 spiro atoms. The van der Waals surface area contributed by atoms with E-state index in [4.69, 9.17) is 0 Å². The molecular formula is C25H19FN2O2S. The van der Waals surface area contributed by atoms with E-state index in [0.717, 1.165) is 15.7 Å². The molecule has 0 unspecified atom stereocenters. The minimum absolute atomic E-state index is 0.121. The summed E-state index contributed by atoms with van der Waals surface area (Å²) in [6.45, 7) is 0. The van der Waals surface area contributed by atoms with Crippen molar-refractivity contribution in [1.29, 1.82) is 0 Å². The minimum Gasteiger partial charge on any atom is -0.323 e. The minimum atomic E-state index is -0.473. The molecule has 0 aliphatic carbocycles. The number of rotatable bonds is 6. The molecule has 0 aromatic heterocycles. The first-order valence-electron chi connectivity index (χ1n) is 9.66. The highest BCUT2D eigenvalue weighted by Crippen LogP contribution is 2.23. The highest BCUT2D eigenvalue weighted by molar-refractivity contribution is 8.00. The molecule has 0 aliphatic heterocycles. The van der Waals surface area contributed by atoms with Gasteiger partial charge in [0.25, 0.3) is 5.91 Å². The van der Waals surface area contributed by atoms with E-state index in [0.29, 0.717) is 11.3 Å². The Kier molecular flexibility index (Phi) is 6.29. The maximum atomic E-state index is 13.7. The lowest BCUT2D eigenvalue weighted by molar-refractivity contribution is -0.113. The van der Waals surface area contributed by atoms with Crippen LogP contribution in [-0.4, -0.2) is 17.6 Å². The van der Waals surface area contributed by atoms with Crippen LogP contribution in [0.4, 0.5) is 15.8 Å². The van der Waals surface area contributed by atoms with E-state index in [1.165, 1.54) is 23.9 Å². The van der Waals surface area contributed by atoms with Crippen LogP contribution >= 0.6 is 11.8 Å². The number of carbonyl (C=O) groups excluding carboxylic acids is 2. The molecule has 4 rings (SSSR count). The molecule has 2 N–H and O–H groups in total. The first kappa shape index (κ1) is 20.6. The zero-order valence-electron chi connectivity index (χ0n) is 16.5. The van der Waals surface area contributed by atoms with Crippen LogP contribution in [0.5, 0.6) is 0 Å². The van der Waals surface area contributed by atoms with Crippen LogP contribution in [0.15, 0.2) is 95.9 Å². The van der Waals surface area contributed by atoms with Gasteiger partial charge in [-0.15, -0.1) is 11.8 Å². The molecule has 0 radical (unpaired) electrons. The maximum Gasteiger partial charge on any atom is 0.255 e. The molecule has 2 amide bonds. The fraction of sp³-hybridized carbons (Fsp3) is 0.0400. The average Bonchev–Trinajstić information content (AvgIpc) is 2.79. The Balaban J connectivity index is 1.38. The topological polar surface area (TPSA) is 58.2 Å². The van der Waals surface area contributed by atoms with Crippen LogP contribution in [0.1, 0.15) is 10.4 Å². The average molecular weight is 431 g/mol. The van der Waals surface area contributed by atoms with Gasteiger partial charge in [0.05, 0.1) is 11.4 Å². The van der Waals surface area contributed by atoms with Crippen LogP contribution < -0.4 is 10.6 Å². The molecule has 4 nitrogen and oxygen atoms in total. The Hall–Kier alpha value is -3.64. The van der Waals surface area contributed by atoms with Crippen molar-refractivity contribution in [3.63, 3.8) is 0 Å². The molecule has 0 bridgehead atoms. The molecule has 0 aliphatic rings. The number of amides is 2. The number of para-hydroxylation sites is 1. The van der Waals surface area contributed by atoms with Gasteiger partial charge in [0, 0.05) is 16.1 Å². The third kappa shape index (κ3) is 5.29. The number of hydrogen-bond donors (Lipinski definition) is 2. The molecule has 31 heavy (non-hydrogen) atoms. The Bertz CT molecular complexity index is 1260. The molecule has 0 saturated carbocycles. The number of anilines is 2. The second kappa shape index (κ2) is 9.45. The molecule has 6 heteroatoms. The fourth-order valence-electron chi connectivity index (χ4n) is 3.10. The predicted octanol–water partition coefficient (Wildman–Crippen LogP) is 5.96. The SMILES string of the molecule is O=C(CSc1cccc(NC(=O)c2ccc3ccccc3c2)c1)Nc1ccccc1F. The van der Waals surface area contributed by atoms with Crippen LogP contribution in [0.2, 0.25) is 0 Å². The summed E-state index contributed by atoms with van der Waals surface area (Å²) in [4.78, 5) is 25.6. The van der Waals surface area contributed by atoms with Crippen molar-refractivity contribution in [3.05, 3.63) is 102 Å². The Labute approximate surface area is 183 Å². The number of benzene rings is 4. The first-order chi connectivity index (χ1) is 15.1. The summed E-state index contributed by atoms with van der Waals surface area (Å²) in [7, 11) is 0. The van der Waals surface area contributed by atoms with Crippen LogP contribution in [0.25, 0.3) is 10.8 Å². The number of fused-ring (bicyclic) bond motifs is 1. The summed E-state index contributed by atoms with van der Waals surface area (Å²) in [6.07, 6.45) is 0. The van der Waals surface area contributed by atoms with Gasteiger partial charge in [0.1, 0.15) is 5.82 Å². The Morgan fingerprint density at radius 2 is 1.55 bits per heavy atom. The lowest BCUT2D eigenvalue weighted by Crippen LogP contribution is -2.15. The Morgan fingerprint density at radius 1 is 0.774 bits per heavy atom. The molecule has 0 heterocycles. The van der Waals surface area contributed by atoms with E-state index >= 15 is 0 Å². The third-order valence-electron chi connectivity index (χ3n) is 4.62. The summed E-state index contributed by atoms with van der Waals surface area (Å²) in [6, 6.07) is 26.7. The zero-order valence-corrected chi connectivity index (χ0v) is 17.3. The smallest absolute Gasteiger partial charge is 0.255 e. The molecule has 0 saturated heterocycles. The summed E-state index contributed by atoms with van der Waals surface area (Å²) < 4.78 is 13.7. The van der Waals surface area contributed by atoms with Gasteiger partial charge in [0.15, 0.2) is 0 Å². The van der Waals surface area contributed by atoms with Crippen molar-refractivity contribution < 1.29 is 14.0 Å². The molecule has 0 fully saturated rings. The third-order valence-corrected chi connectivity index (χ3v) is 5.62. The summed E-state index contributed by atoms with van der Waals surface area (Å²) in [5, 5.41) is 7.53. The van der Waals surface area contributed by atoms with Crippen molar-refractivity contribution in [1.82, 2.24) is 0 Å².